The van der Waals surface area contributed by atoms with Gasteiger partial charge < -0.3 is 4.57 Å². The molecule has 0 N–H and O–H groups in total. The highest BCUT2D eigenvalue weighted by Gasteiger charge is 2.53. The maximum Gasteiger partial charge on any atom is 0.245 e. The van der Waals surface area contributed by atoms with Crippen LogP contribution in [0.1, 0.15) is 53.8 Å². The van der Waals surface area contributed by atoms with E-state index in [-0.39, 0.29) is 34.3 Å². The number of aryl methyl sites for hydroxylation is 1. The van der Waals surface area contributed by atoms with Gasteiger partial charge in [-0.05, 0) is 92.6 Å². The molecule has 42 heavy (non-hydrogen) atoms. The Morgan fingerprint density at radius 1 is 1.12 bits per heavy atom. The molecule has 4 aromatic rings. The van der Waals surface area contributed by atoms with Gasteiger partial charge in [0.2, 0.25) is 10.0 Å². The second kappa shape index (κ2) is 10.00. The zero-order chi connectivity index (χ0) is 29.2. The number of halogens is 2. The summed E-state index contributed by atoms with van der Waals surface area (Å²) in [5.74, 6) is -0.505. The van der Waals surface area contributed by atoms with Gasteiger partial charge in [0.1, 0.15) is 11.5 Å². The number of ketones is 1. The summed E-state index contributed by atoms with van der Waals surface area (Å²) in [6, 6.07) is 10.5. The fourth-order valence-corrected chi connectivity index (χ4v) is 8.75. The number of nitrogens with zero attached hydrogens (tertiary/aromatic N) is 5. The molecule has 2 saturated carbocycles. The zero-order valence-electron chi connectivity index (χ0n) is 23.0. The van der Waals surface area contributed by atoms with Crippen LogP contribution >= 0.6 is 11.6 Å². The minimum Gasteiger partial charge on any atom is -0.356 e. The van der Waals surface area contributed by atoms with Gasteiger partial charge in [0, 0.05) is 42.7 Å². The number of rotatable bonds is 7. The Morgan fingerprint density at radius 2 is 1.90 bits per heavy atom. The van der Waals surface area contributed by atoms with Crippen molar-refractivity contribution >= 4 is 33.5 Å². The predicted molar refractivity (Wildman–Crippen MR) is 156 cm³/mol. The molecule has 0 aliphatic heterocycles. The third kappa shape index (κ3) is 4.53. The molecule has 2 fully saturated rings. The summed E-state index contributed by atoms with van der Waals surface area (Å²) in [4.78, 5) is 19.2. The van der Waals surface area contributed by atoms with Crippen LogP contribution in [0.3, 0.4) is 0 Å². The first-order valence-corrected chi connectivity index (χ1v) is 15.8. The second-order valence-electron chi connectivity index (χ2n) is 11.5. The lowest BCUT2D eigenvalue weighted by Crippen LogP contribution is -2.51. The number of hydrogen-bond donors (Lipinski definition) is 0. The first-order valence-electron chi connectivity index (χ1n) is 14.0. The van der Waals surface area contributed by atoms with Crippen LogP contribution in [0.2, 0.25) is 5.02 Å². The number of benzene rings is 1. The molecular formula is C31H29ClFN5O3S. The molecule has 11 heteroatoms. The summed E-state index contributed by atoms with van der Waals surface area (Å²) >= 11 is 6.29. The fourth-order valence-electron chi connectivity index (χ4n) is 6.63. The smallest absolute Gasteiger partial charge is 0.245 e. The standard InChI is InChI=1S/C31H29ClFN5O3S/c1-36-13-11-27(19-36)42(40,41)38(25-8-9-25)26-5-2-21-14-29-20(18-35-37(29)24-6-3-23(33)4-7-24)16-31(21,17-26)30(39)28-15-22(32)10-12-34-28/h3-4,6-7,10-15,18-19,25-26H,2,5,8-9,16-17H2,1H3/t26-,31-/m0/s1. The molecule has 7 rings (SSSR count). The number of hydrogen-bond acceptors (Lipinski definition) is 5. The summed E-state index contributed by atoms with van der Waals surface area (Å²) in [7, 11) is -1.98. The van der Waals surface area contributed by atoms with E-state index in [0.29, 0.717) is 36.4 Å². The molecule has 0 amide bonds. The monoisotopic (exact) mass is 605 g/mol. The summed E-state index contributed by atoms with van der Waals surface area (Å²) in [5, 5.41) is 5.01. The van der Waals surface area contributed by atoms with E-state index in [0.717, 1.165) is 29.7 Å². The van der Waals surface area contributed by atoms with Crippen LogP contribution in [0.15, 0.2) is 77.7 Å². The molecule has 0 bridgehead atoms. The quantitative estimate of drug-likeness (QED) is 0.255. The van der Waals surface area contributed by atoms with E-state index in [4.69, 9.17) is 11.6 Å². The largest absolute Gasteiger partial charge is 0.356 e. The molecule has 0 spiro atoms. The molecule has 3 heterocycles. The van der Waals surface area contributed by atoms with Crippen LogP contribution in [0, 0.1) is 11.2 Å². The van der Waals surface area contributed by atoms with Crippen LogP contribution < -0.4 is 0 Å². The second-order valence-corrected chi connectivity index (χ2v) is 13.8. The molecule has 0 unspecified atom stereocenters. The minimum atomic E-state index is -3.78. The van der Waals surface area contributed by atoms with Gasteiger partial charge in [-0.3, -0.25) is 9.78 Å². The van der Waals surface area contributed by atoms with Crippen molar-refractivity contribution < 1.29 is 17.6 Å². The van der Waals surface area contributed by atoms with Gasteiger partial charge in [-0.25, -0.2) is 17.5 Å². The van der Waals surface area contributed by atoms with E-state index < -0.39 is 15.4 Å². The average Bonchev–Trinajstić information content (AvgIpc) is 3.55. The molecule has 2 atom stereocenters. The summed E-state index contributed by atoms with van der Waals surface area (Å²) in [6.07, 6.45) is 12.1. The zero-order valence-corrected chi connectivity index (χ0v) is 24.5. The van der Waals surface area contributed by atoms with Gasteiger partial charge in [0.25, 0.3) is 0 Å². The number of carbonyl (C=O) groups excluding carboxylic acids is 1. The summed E-state index contributed by atoms with van der Waals surface area (Å²) < 4.78 is 46.8. The molecule has 0 saturated heterocycles. The van der Waals surface area contributed by atoms with Gasteiger partial charge in [-0.15, -0.1) is 0 Å². The van der Waals surface area contributed by atoms with Gasteiger partial charge >= 0.3 is 0 Å². The number of Topliss-reactive ketones (excluding diaryl/α,β-unsaturated/α-hetero) is 1. The lowest BCUT2D eigenvalue weighted by atomic mass is 9.60. The molecule has 3 aliphatic carbocycles. The van der Waals surface area contributed by atoms with Crippen molar-refractivity contribution in [3.8, 4) is 5.69 Å². The fraction of sp³-hybridized carbons (Fsp3) is 0.323. The van der Waals surface area contributed by atoms with Gasteiger partial charge in [0.15, 0.2) is 5.78 Å². The van der Waals surface area contributed by atoms with E-state index in [1.54, 1.807) is 69.5 Å². The number of carbonyl (C=O) groups is 1. The van der Waals surface area contributed by atoms with Crippen molar-refractivity contribution in [3.05, 3.63) is 101 Å². The van der Waals surface area contributed by atoms with Crippen molar-refractivity contribution in [1.82, 2.24) is 23.6 Å². The van der Waals surface area contributed by atoms with E-state index in [1.807, 2.05) is 6.08 Å². The summed E-state index contributed by atoms with van der Waals surface area (Å²) in [5.41, 5.74) is 2.59. The third-order valence-corrected chi connectivity index (χ3v) is 11.0. The highest BCUT2D eigenvalue weighted by molar-refractivity contribution is 7.89. The van der Waals surface area contributed by atoms with E-state index in [2.05, 4.69) is 10.1 Å². The first kappa shape index (κ1) is 27.2. The Morgan fingerprint density at radius 3 is 2.60 bits per heavy atom. The van der Waals surface area contributed by atoms with Crippen LogP contribution in [-0.4, -0.2) is 49.9 Å². The average molecular weight is 606 g/mol. The van der Waals surface area contributed by atoms with Crippen LogP contribution in [0.5, 0.6) is 0 Å². The highest BCUT2D eigenvalue weighted by Crippen LogP contribution is 2.52. The molecule has 3 aromatic heterocycles. The Hall–Kier alpha value is -3.60. The van der Waals surface area contributed by atoms with Crippen molar-refractivity contribution in [2.75, 3.05) is 0 Å². The van der Waals surface area contributed by atoms with E-state index in [1.165, 1.54) is 18.3 Å². The lowest BCUT2D eigenvalue weighted by molar-refractivity contribution is 0.0733. The molecule has 3 aliphatic rings. The topological polar surface area (TPSA) is 90.1 Å². The van der Waals surface area contributed by atoms with Crippen LogP contribution in [0.25, 0.3) is 11.8 Å². The Balaban J connectivity index is 1.32. The molecule has 1 aromatic carbocycles. The summed E-state index contributed by atoms with van der Waals surface area (Å²) in [6.45, 7) is 0. The van der Waals surface area contributed by atoms with E-state index in [9.17, 15) is 17.6 Å². The first-order chi connectivity index (χ1) is 20.2. The van der Waals surface area contributed by atoms with Crippen LogP contribution in [-0.2, 0) is 23.5 Å². The molecule has 0 radical (unpaired) electrons. The molecule has 216 valence electrons. The van der Waals surface area contributed by atoms with Crippen LogP contribution in [0.4, 0.5) is 4.39 Å². The Bertz CT molecular complexity index is 1840. The van der Waals surface area contributed by atoms with Crippen molar-refractivity contribution in [1.29, 1.82) is 0 Å². The maximum absolute atomic E-state index is 14.5. The predicted octanol–water partition coefficient (Wildman–Crippen LogP) is 5.61. The SMILES string of the molecule is Cn1ccc(S(=O)(=O)N(C2CC2)[C@H]2CCC3=Cc4c(cnn4-c4ccc(F)cc4)C[C@]3(C(=O)c3cc(Cl)ccn3)C2)c1. The van der Waals surface area contributed by atoms with Gasteiger partial charge in [-0.2, -0.15) is 9.40 Å². The molecule has 8 nitrogen and oxygen atoms in total. The third-order valence-electron chi connectivity index (χ3n) is 8.74. The highest BCUT2D eigenvalue weighted by atomic mass is 35.5. The molecular weight excluding hydrogens is 577 g/mol. The maximum atomic E-state index is 14.5. The lowest BCUT2D eigenvalue weighted by Gasteiger charge is -2.46. The number of aromatic nitrogens is 4. The Kier molecular flexibility index (Phi) is 6.49. The minimum absolute atomic E-state index is 0.0810. The van der Waals surface area contributed by atoms with Crippen molar-refractivity contribution in [2.45, 2.75) is 55.5 Å². The number of sulfonamides is 1. The van der Waals surface area contributed by atoms with Crippen molar-refractivity contribution in [2.24, 2.45) is 12.5 Å². The number of fused-ring (bicyclic) bond motifs is 2. The van der Waals surface area contributed by atoms with Crippen molar-refractivity contribution in [3.63, 3.8) is 0 Å². The number of pyridine rings is 1. The van der Waals surface area contributed by atoms with E-state index >= 15 is 0 Å². The Labute approximate surface area is 248 Å². The normalized spacial score (nSPS) is 22.0. The van der Waals surface area contributed by atoms with Gasteiger partial charge in [0.05, 0.1) is 27.9 Å². The number of allylic oxidation sites excluding steroid dienone is 1. The van der Waals surface area contributed by atoms with Gasteiger partial charge in [-0.1, -0.05) is 17.2 Å².